The largest absolute Gasteiger partial charge is 0.744 e. The Morgan fingerprint density at radius 3 is 2.21 bits per heavy atom. The Bertz CT molecular complexity index is 437. The van der Waals surface area contributed by atoms with Gasteiger partial charge in [-0.1, -0.05) is 12.1 Å². The average molecular weight is 215 g/mol. The van der Waals surface area contributed by atoms with Crippen molar-refractivity contribution in [2.24, 2.45) is 0 Å². The van der Waals surface area contributed by atoms with Crippen LogP contribution in [0.2, 0.25) is 0 Å². The van der Waals surface area contributed by atoms with E-state index in [2.05, 4.69) is 0 Å². The van der Waals surface area contributed by atoms with Gasteiger partial charge in [0.15, 0.2) is 5.69 Å². The lowest BCUT2D eigenvalue weighted by Gasteiger charge is -2.16. The Labute approximate surface area is 83.9 Å². The lowest BCUT2D eigenvalue weighted by molar-refractivity contribution is -0.788. The third-order valence-electron chi connectivity index (χ3n) is 2.00. The number of hydrogen-bond acceptors (Lipinski definition) is 3. The molecule has 0 saturated heterocycles. The summed E-state index contributed by atoms with van der Waals surface area (Å²) in [5.41, 5.74) is 1.35. The maximum Gasteiger partial charge on any atom is 0.151 e. The van der Waals surface area contributed by atoms with Gasteiger partial charge in [0.25, 0.3) is 0 Å². The normalized spacial score (nSPS) is 12.1. The zero-order chi connectivity index (χ0) is 10.9. The maximum atomic E-state index is 10.9. The molecule has 0 aliphatic carbocycles. The molecule has 1 aromatic rings. The van der Waals surface area contributed by atoms with Crippen LogP contribution in [0.1, 0.15) is 5.56 Å². The fraction of sp³-hybridized carbons (Fsp3) is 0.333. The summed E-state index contributed by atoms with van der Waals surface area (Å²) in [6, 6.07) is 4.71. The number of benzene rings is 1. The van der Waals surface area contributed by atoms with Crippen molar-refractivity contribution in [1.82, 2.24) is 0 Å². The smallest absolute Gasteiger partial charge is 0.151 e. The number of para-hydroxylation sites is 1. The molecule has 0 fully saturated rings. The quantitative estimate of drug-likeness (QED) is 0.687. The summed E-state index contributed by atoms with van der Waals surface area (Å²) in [5.74, 6) is 0. The van der Waals surface area contributed by atoms with Crippen LogP contribution in [0, 0.1) is 6.92 Å². The number of aryl methyl sites for hydroxylation is 1. The summed E-state index contributed by atoms with van der Waals surface area (Å²) in [7, 11) is -0.794. The van der Waals surface area contributed by atoms with Crippen molar-refractivity contribution in [2.45, 2.75) is 11.8 Å². The predicted molar refractivity (Wildman–Crippen MR) is 51.6 cm³/mol. The molecule has 78 valence electrons. The Kier molecular flexibility index (Phi) is 2.94. The van der Waals surface area contributed by atoms with Gasteiger partial charge in [0, 0.05) is 5.56 Å². The molecule has 0 unspecified atom stereocenters. The highest BCUT2D eigenvalue weighted by atomic mass is 32.2. The minimum atomic E-state index is -4.37. The van der Waals surface area contributed by atoms with E-state index in [1.165, 1.54) is 6.07 Å². The van der Waals surface area contributed by atoms with E-state index in [-0.39, 0.29) is 4.90 Å². The number of rotatable bonds is 2. The molecule has 1 aromatic carbocycles. The highest BCUT2D eigenvalue weighted by Gasteiger charge is 2.16. The van der Waals surface area contributed by atoms with E-state index < -0.39 is 10.1 Å². The molecule has 0 radical (unpaired) electrons. The Hall–Kier alpha value is -0.910. The lowest BCUT2D eigenvalue weighted by atomic mass is 10.2. The summed E-state index contributed by atoms with van der Waals surface area (Å²) in [5, 5.41) is 0. The van der Waals surface area contributed by atoms with E-state index >= 15 is 0 Å². The van der Waals surface area contributed by atoms with E-state index in [4.69, 9.17) is 0 Å². The third kappa shape index (κ3) is 2.12. The fourth-order valence-electron chi connectivity index (χ4n) is 1.49. The van der Waals surface area contributed by atoms with Crippen molar-refractivity contribution < 1.29 is 17.9 Å². The van der Waals surface area contributed by atoms with Crippen LogP contribution in [-0.2, 0) is 10.1 Å². The van der Waals surface area contributed by atoms with E-state index in [0.717, 1.165) is 10.5 Å². The van der Waals surface area contributed by atoms with Crippen LogP contribution in [0.15, 0.2) is 23.1 Å². The molecule has 1 rings (SSSR count). The molecule has 0 aliphatic rings. The molecule has 0 atom stereocenters. The summed E-state index contributed by atoms with van der Waals surface area (Å²) >= 11 is 0. The Balaban J connectivity index is 3.52. The first-order chi connectivity index (χ1) is 6.34. The van der Waals surface area contributed by atoms with Crippen molar-refractivity contribution in [3.63, 3.8) is 0 Å². The van der Waals surface area contributed by atoms with Gasteiger partial charge >= 0.3 is 0 Å². The number of nitrogens with one attached hydrogen (secondary N) is 1. The molecule has 0 aliphatic heterocycles. The average Bonchev–Trinajstić information content (AvgIpc) is 2.01. The summed E-state index contributed by atoms with van der Waals surface area (Å²) in [6.45, 7) is 1.79. The molecular weight excluding hydrogens is 202 g/mol. The molecule has 0 heterocycles. The topological polar surface area (TPSA) is 61.6 Å². The van der Waals surface area contributed by atoms with Crippen LogP contribution < -0.4 is 4.90 Å². The molecule has 0 bridgehead atoms. The van der Waals surface area contributed by atoms with Crippen molar-refractivity contribution in [2.75, 3.05) is 14.1 Å². The second-order valence-electron chi connectivity index (χ2n) is 3.40. The van der Waals surface area contributed by atoms with Crippen molar-refractivity contribution in [1.29, 1.82) is 0 Å². The molecular formula is C9H13NO3S. The van der Waals surface area contributed by atoms with E-state index in [1.807, 2.05) is 0 Å². The van der Waals surface area contributed by atoms with E-state index in [0.29, 0.717) is 5.69 Å². The highest BCUT2D eigenvalue weighted by molar-refractivity contribution is 7.85. The zero-order valence-corrected chi connectivity index (χ0v) is 9.18. The molecule has 14 heavy (non-hydrogen) atoms. The van der Waals surface area contributed by atoms with Crippen molar-refractivity contribution in [3.05, 3.63) is 23.8 Å². The first-order valence-corrected chi connectivity index (χ1v) is 5.61. The molecule has 0 amide bonds. The number of quaternary nitrogens is 1. The fourth-order valence-corrected chi connectivity index (χ4v) is 2.35. The van der Waals surface area contributed by atoms with Gasteiger partial charge in [-0.2, -0.15) is 0 Å². The van der Waals surface area contributed by atoms with Gasteiger partial charge in [0.2, 0.25) is 0 Å². The van der Waals surface area contributed by atoms with E-state index in [1.54, 1.807) is 33.2 Å². The first-order valence-electron chi connectivity index (χ1n) is 4.20. The minimum absolute atomic E-state index is 0.127. The highest BCUT2D eigenvalue weighted by Crippen LogP contribution is 2.20. The lowest BCUT2D eigenvalue weighted by Crippen LogP contribution is -3.00. The van der Waals surface area contributed by atoms with Gasteiger partial charge in [-0.25, -0.2) is 8.42 Å². The van der Waals surface area contributed by atoms with Crippen LogP contribution in [0.5, 0.6) is 0 Å². The third-order valence-corrected chi connectivity index (χ3v) is 2.88. The zero-order valence-electron chi connectivity index (χ0n) is 8.37. The van der Waals surface area contributed by atoms with Crippen LogP contribution >= 0.6 is 0 Å². The molecule has 5 heteroatoms. The van der Waals surface area contributed by atoms with Crippen LogP contribution in [0.4, 0.5) is 5.69 Å². The summed E-state index contributed by atoms with van der Waals surface area (Å²) in [4.78, 5) is 0.704. The summed E-state index contributed by atoms with van der Waals surface area (Å²) in [6.07, 6.45) is 0. The van der Waals surface area contributed by atoms with Gasteiger partial charge in [-0.3, -0.25) is 0 Å². The molecule has 1 N–H and O–H groups in total. The molecule has 0 spiro atoms. The second-order valence-corrected chi connectivity index (χ2v) is 4.75. The molecule has 4 nitrogen and oxygen atoms in total. The van der Waals surface area contributed by atoms with E-state index in [9.17, 15) is 13.0 Å². The van der Waals surface area contributed by atoms with Crippen LogP contribution in [-0.4, -0.2) is 27.1 Å². The van der Waals surface area contributed by atoms with Gasteiger partial charge in [0.05, 0.1) is 14.1 Å². The standard InChI is InChI=1S/C9H13NO3S/c1-7-5-4-6-8(14(11,12)13)9(7)10(2)3/h4-6H,1-3H3,(H,11,12,13). The molecule has 0 aromatic heterocycles. The van der Waals surface area contributed by atoms with Crippen LogP contribution in [0.3, 0.4) is 0 Å². The van der Waals surface area contributed by atoms with Crippen molar-refractivity contribution >= 4 is 15.8 Å². The summed E-state index contributed by atoms with van der Waals surface area (Å²) < 4.78 is 32.8. The van der Waals surface area contributed by atoms with Crippen molar-refractivity contribution in [3.8, 4) is 0 Å². The van der Waals surface area contributed by atoms with Crippen LogP contribution in [0.25, 0.3) is 0 Å². The van der Waals surface area contributed by atoms with Gasteiger partial charge in [0.1, 0.15) is 15.0 Å². The second kappa shape index (κ2) is 3.68. The molecule has 0 saturated carbocycles. The van der Waals surface area contributed by atoms with Gasteiger partial charge in [-0.15, -0.1) is 0 Å². The monoisotopic (exact) mass is 215 g/mol. The van der Waals surface area contributed by atoms with Gasteiger partial charge in [-0.05, 0) is 13.0 Å². The number of hydrogen-bond donors (Lipinski definition) is 1. The minimum Gasteiger partial charge on any atom is -0.744 e. The SMILES string of the molecule is Cc1cccc(S(=O)(=O)[O-])c1[NH+](C)C. The first kappa shape index (κ1) is 11.2. The Morgan fingerprint density at radius 2 is 1.86 bits per heavy atom. The Morgan fingerprint density at radius 1 is 1.29 bits per heavy atom. The van der Waals surface area contributed by atoms with Gasteiger partial charge < -0.3 is 9.45 Å². The maximum absolute atomic E-state index is 10.9. The predicted octanol–water partition coefficient (Wildman–Crippen LogP) is -0.325.